The summed E-state index contributed by atoms with van der Waals surface area (Å²) in [5, 5.41) is 15.1. The third-order valence-electron chi connectivity index (χ3n) is 4.53. The first-order valence-electron chi connectivity index (χ1n) is 9.61. The van der Waals surface area contributed by atoms with Crippen molar-refractivity contribution in [1.29, 1.82) is 0 Å². The summed E-state index contributed by atoms with van der Waals surface area (Å²) in [7, 11) is 1.52. The molecule has 8 nitrogen and oxygen atoms in total. The third-order valence-corrected chi connectivity index (χ3v) is 5.65. The highest BCUT2D eigenvalue weighted by Crippen LogP contribution is 2.34. The number of ether oxygens (including phenoxy) is 2. The molecule has 3 aromatic rings. The van der Waals surface area contributed by atoms with Crippen molar-refractivity contribution in [2.24, 2.45) is 5.10 Å². The molecule has 0 spiro atoms. The Hall–Kier alpha value is -3.18. The molecule has 3 rings (SSSR count). The van der Waals surface area contributed by atoms with Crippen molar-refractivity contribution in [3.8, 4) is 11.5 Å². The number of rotatable bonds is 8. The van der Waals surface area contributed by atoms with Gasteiger partial charge in [-0.2, -0.15) is 5.10 Å². The number of carbonyl (C=O) groups is 1. The highest BCUT2D eigenvalue weighted by molar-refractivity contribution is 14.1. The maximum Gasteiger partial charge on any atom is 0.272 e. The molecule has 33 heavy (non-hydrogen) atoms. The molecule has 1 amide bonds. The second-order valence-electron chi connectivity index (χ2n) is 6.93. The van der Waals surface area contributed by atoms with Crippen LogP contribution in [-0.4, -0.2) is 24.2 Å². The molecule has 0 saturated heterocycles. The summed E-state index contributed by atoms with van der Waals surface area (Å²) in [5.41, 5.74) is 5.24. The summed E-state index contributed by atoms with van der Waals surface area (Å²) in [4.78, 5) is 22.6. The van der Waals surface area contributed by atoms with Crippen LogP contribution >= 0.6 is 34.2 Å². The number of hydrogen-bond donors (Lipinski definition) is 1. The van der Waals surface area contributed by atoms with Gasteiger partial charge in [-0.3, -0.25) is 14.9 Å². The van der Waals surface area contributed by atoms with E-state index in [1.165, 1.54) is 25.5 Å². The van der Waals surface area contributed by atoms with Crippen molar-refractivity contribution in [2.75, 3.05) is 7.11 Å². The minimum Gasteiger partial charge on any atom is -0.493 e. The summed E-state index contributed by atoms with van der Waals surface area (Å²) >= 11 is 8.23. The van der Waals surface area contributed by atoms with Crippen LogP contribution in [0.5, 0.6) is 11.5 Å². The number of amides is 1. The van der Waals surface area contributed by atoms with Crippen LogP contribution in [0.2, 0.25) is 5.02 Å². The smallest absolute Gasteiger partial charge is 0.272 e. The van der Waals surface area contributed by atoms with Crippen molar-refractivity contribution < 1.29 is 19.2 Å². The fourth-order valence-electron chi connectivity index (χ4n) is 2.85. The Kier molecular flexibility index (Phi) is 8.23. The molecule has 1 N–H and O–H groups in total. The molecule has 0 aliphatic rings. The number of non-ortho nitro benzene ring substituents is 1. The number of carbonyl (C=O) groups excluding carboxylic acids is 1. The number of nitro benzene ring substituents is 1. The zero-order valence-electron chi connectivity index (χ0n) is 17.7. The highest BCUT2D eigenvalue weighted by Gasteiger charge is 2.13. The van der Waals surface area contributed by atoms with E-state index in [0.717, 1.165) is 14.7 Å². The first-order chi connectivity index (χ1) is 15.8. The van der Waals surface area contributed by atoms with Gasteiger partial charge in [-0.1, -0.05) is 17.7 Å². The normalized spacial score (nSPS) is 10.8. The fraction of sp³-hybridized carbons (Fsp3) is 0.130. The van der Waals surface area contributed by atoms with Gasteiger partial charge in [0.15, 0.2) is 11.5 Å². The second kappa shape index (κ2) is 11.1. The number of nitrogens with one attached hydrogen (secondary N) is 1. The number of nitrogens with zero attached hydrogens (tertiary/aromatic N) is 2. The lowest BCUT2D eigenvalue weighted by molar-refractivity contribution is -0.384. The molecule has 0 bridgehead atoms. The lowest BCUT2D eigenvalue weighted by Crippen LogP contribution is -2.18. The monoisotopic (exact) mass is 579 g/mol. The molecule has 0 fully saturated rings. The van der Waals surface area contributed by atoms with E-state index in [1.807, 2.05) is 13.0 Å². The molecule has 0 saturated carbocycles. The molecule has 0 heterocycles. The van der Waals surface area contributed by atoms with Crippen molar-refractivity contribution in [3.63, 3.8) is 0 Å². The maximum atomic E-state index is 12.3. The SMILES string of the molecule is COc1cc(/C=N\NC(=O)c2ccc(C)cc2Cl)cc(I)c1OCc1ccc([N+](=O)[O-])cc1. The van der Waals surface area contributed by atoms with Gasteiger partial charge in [-0.25, -0.2) is 5.43 Å². The van der Waals surface area contributed by atoms with Gasteiger partial charge in [-0.15, -0.1) is 0 Å². The molecule has 3 aromatic carbocycles. The minimum absolute atomic E-state index is 0.0197. The molecule has 0 aliphatic heterocycles. The van der Waals surface area contributed by atoms with Gasteiger partial charge in [0.1, 0.15) is 6.61 Å². The van der Waals surface area contributed by atoms with Crippen LogP contribution in [0.15, 0.2) is 59.7 Å². The van der Waals surface area contributed by atoms with Crippen LogP contribution in [-0.2, 0) is 6.61 Å². The lowest BCUT2D eigenvalue weighted by Gasteiger charge is -2.13. The molecule has 170 valence electrons. The Morgan fingerprint density at radius 3 is 2.58 bits per heavy atom. The maximum absolute atomic E-state index is 12.3. The van der Waals surface area contributed by atoms with E-state index >= 15 is 0 Å². The molecule has 10 heteroatoms. The molecular formula is C23H19ClIN3O5. The van der Waals surface area contributed by atoms with Gasteiger partial charge in [-0.05, 0) is 82.6 Å². The lowest BCUT2D eigenvalue weighted by atomic mass is 10.1. The quantitative estimate of drug-likeness (QED) is 0.164. The van der Waals surface area contributed by atoms with Crippen LogP contribution in [0.3, 0.4) is 0 Å². The van der Waals surface area contributed by atoms with Crippen LogP contribution in [0.25, 0.3) is 0 Å². The number of nitro groups is 1. The van der Waals surface area contributed by atoms with Crippen LogP contribution < -0.4 is 14.9 Å². The summed E-state index contributed by atoms with van der Waals surface area (Å²) < 4.78 is 12.1. The average Bonchev–Trinajstić information content (AvgIpc) is 2.78. The summed E-state index contributed by atoms with van der Waals surface area (Å²) in [6.07, 6.45) is 1.49. The average molecular weight is 580 g/mol. The molecule has 0 radical (unpaired) electrons. The largest absolute Gasteiger partial charge is 0.493 e. The summed E-state index contributed by atoms with van der Waals surface area (Å²) in [6.45, 7) is 2.10. The molecule has 0 aromatic heterocycles. The van der Waals surface area contributed by atoms with Crippen molar-refractivity contribution in [2.45, 2.75) is 13.5 Å². The summed E-state index contributed by atoms with van der Waals surface area (Å²) in [6, 6.07) is 14.8. The van der Waals surface area contributed by atoms with Gasteiger partial charge in [0.05, 0.1) is 32.4 Å². The van der Waals surface area contributed by atoms with E-state index in [4.69, 9.17) is 21.1 Å². The Bertz CT molecular complexity index is 1220. The van der Waals surface area contributed by atoms with Crippen LogP contribution in [0, 0.1) is 20.6 Å². The van der Waals surface area contributed by atoms with Gasteiger partial charge < -0.3 is 9.47 Å². The molecule has 0 unspecified atom stereocenters. The standard InChI is InChI=1S/C23H19ClIN3O5/c1-14-3-8-18(19(24)9-14)23(29)27-26-12-16-10-20(25)22(21(11-16)32-2)33-13-15-4-6-17(7-5-15)28(30)31/h3-12H,13H2,1-2H3,(H,27,29)/b26-12-. The zero-order valence-corrected chi connectivity index (χ0v) is 20.6. The van der Waals surface area contributed by atoms with E-state index in [-0.39, 0.29) is 12.3 Å². The van der Waals surface area contributed by atoms with Gasteiger partial charge in [0, 0.05) is 12.1 Å². The highest BCUT2D eigenvalue weighted by atomic mass is 127. The van der Waals surface area contributed by atoms with Crippen LogP contribution in [0.4, 0.5) is 5.69 Å². The summed E-state index contributed by atoms with van der Waals surface area (Å²) in [5.74, 6) is 0.600. The van der Waals surface area contributed by atoms with Gasteiger partial charge in [0.25, 0.3) is 11.6 Å². The predicted octanol–water partition coefficient (Wildman–Crippen LogP) is 5.51. The molecular weight excluding hydrogens is 561 g/mol. The van der Waals surface area contributed by atoms with E-state index in [2.05, 4.69) is 33.1 Å². The van der Waals surface area contributed by atoms with Crippen molar-refractivity contribution >= 4 is 52.0 Å². The number of halogens is 2. The number of methoxy groups -OCH3 is 1. The number of hydrazone groups is 1. The van der Waals surface area contributed by atoms with Gasteiger partial charge in [0.2, 0.25) is 0 Å². The molecule has 0 aliphatic carbocycles. The van der Waals surface area contributed by atoms with Crippen molar-refractivity contribution in [3.05, 3.63) is 95.6 Å². The van der Waals surface area contributed by atoms with E-state index < -0.39 is 10.8 Å². The molecule has 0 atom stereocenters. The topological polar surface area (TPSA) is 103 Å². The van der Waals surface area contributed by atoms with Crippen molar-refractivity contribution in [1.82, 2.24) is 5.43 Å². The van der Waals surface area contributed by atoms with Gasteiger partial charge >= 0.3 is 0 Å². The van der Waals surface area contributed by atoms with E-state index in [1.54, 1.807) is 36.4 Å². The van der Waals surface area contributed by atoms with Crippen LogP contribution in [0.1, 0.15) is 27.0 Å². The van der Waals surface area contributed by atoms with E-state index in [9.17, 15) is 14.9 Å². The number of hydrogen-bond acceptors (Lipinski definition) is 6. The second-order valence-corrected chi connectivity index (χ2v) is 8.50. The first kappa shape index (κ1) is 24.5. The third kappa shape index (κ3) is 6.42. The Morgan fingerprint density at radius 1 is 1.21 bits per heavy atom. The fourth-order valence-corrected chi connectivity index (χ4v) is 3.96. The minimum atomic E-state index is -0.450. The van der Waals surface area contributed by atoms with E-state index in [0.29, 0.717) is 27.6 Å². The Morgan fingerprint density at radius 2 is 1.94 bits per heavy atom. The predicted molar refractivity (Wildman–Crippen MR) is 134 cm³/mol. The number of benzene rings is 3. The first-order valence-corrected chi connectivity index (χ1v) is 11.1. The Balaban J connectivity index is 1.69. The Labute approximate surface area is 208 Å². The zero-order chi connectivity index (χ0) is 24.0. The number of aryl methyl sites for hydroxylation is 1.